The third-order valence-electron chi connectivity index (χ3n) is 5.12. The van der Waals surface area contributed by atoms with Crippen molar-refractivity contribution in [1.82, 2.24) is 19.7 Å². The molecule has 158 valence electrons. The van der Waals surface area contributed by atoms with Gasteiger partial charge in [-0.3, -0.25) is 14.7 Å². The molecule has 0 radical (unpaired) electrons. The van der Waals surface area contributed by atoms with Crippen LogP contribution >= 0.6 is 11.3 Å². The van der Waals surface area contributed by atoms with Crippen molar-refractivity contribution in [3.63, 3.8) is 0 Å². The number of rotatable bonds is 5. The monoisotopic (exact) mass is 443 g/mol. The van der Waals surface area contributed by atoms with Gasteiger partial charge in [0.15, 0.2) is 5.13 Å². The molecular weight excluding hydrogens is 425 g/mol. The molecule has 0 saturated carbocycles. The summed E-state index contributed by atoms with van der Waals surface area (Å²) in [5.74, 6) is -0.682. The van der Waals surface area contributed by atoms with E-state index in [-0.39, 0.29) is 18.0 Å². The molecule has 2 aromatic carbocycles. The second kappa shape index (κ2) is 8.32. The number of aromatic nitrogens is 4. The molecule has 0 aliphatic heterocycles. The number of pyridine rings is 1. The number of benzene rings is 2. The first-order valence-electron chi connectivity index (χ1n) is 9.98. The number of carbonyl (C=O) groups is 1. The highest BCUT2D eigenvalue weighted by Gasteiger charge is 2.26. The summed E-state index contributed by atoms with van der Waals surface area (Å²) in [6.07, 6.45) is 3.23. The van der Waals surface area contributed by atoms with Gasteiger partial charge in [0.2, 0.25) is 0 Å². The molecule has 5 aromatic rings. The van der Waals surface area contributed by atoms with Crippen LogP contribution in [0.5, 0.6) is 0 Å². The molecule has 3 aromatic heterocycles. The molecular formula is C24H18FN5OS. The Bertz CT molecular complexity index is 1400. The Kier molecular flexibility index (Phi) is 5.20. The lowest BCUT2D eigenvalue weighted by Crippen LogP contribution is -2.31. The number of anilines is 1. The van der Waals surface area contributed by atoms with Gasteiger partial charge >= 0.3 is 0 Å². The summed E-state index contributed by atoms with van der Waals surface area (Å²) in [5, 5.41) is 4.83. The molecule has 0 aliphatic carbocycles. The molecule has 0 unspecified atom stereocenters. The van der Waals surface area contributed by atoms with Gasteiger partial charge in [0, 0.05) is 6.20 Å². The molecule has 5 rings (SSSR count). The minimum atomic E-state index is -0.414. The Balaban J connectivity index is 1.58. The molecule has 0 N–H and O–H groups in total. The molecule has 1 amide bonds. The summed E-state index contributed by atoms with van der Waals surface area (Å²) < 4.78 is 16.7. The number of hydrogen-bond acceptors (Lipinski definition) is 5. The second-order valence-corrected chi connectivity index (χ2v) is 8.20. The Hall–Kier alpha value is -3.91. The smallest absolute Gasteiger partial charge is 0.263 e. The van der Waals surface area contributed by atoms with Gasteiger partial charge < -0.3 is 0 Å². The zero-order valence-electron chi connectivity index (χ0n) is 17.1. The van der Waals surface area contributed by atoms with E-state index in [9.17, 15) is 9.18 Å². The van der Waals surface area contributed by atoms with Crippen molar-refractivity contribution in [2.75, 3.05) is 4.90 Å². The highest BCUT2D eigenvalue weighted by atomic mass is 32.1. The van der Waals surface area contributed by atoms with Crippen molar-refractivity contribution >= 4 is 32.6 Å². The predicted octanol–water partition coefficient (Wildman–Crippen LogP) is 5.17. The van der Waals surface area contributed by atoms with E-state index in [2.05, 4.69) is 15.1 Å². The van der Waals surface area contributed by atoms with Crippen molar-refractivity contribution in [2.24, 2.45) is 0 Å². The SMILES string of the molecule is Cc1c(C(=O)N(Cc2ccccn2)c2nc3c(F)cccc3s2)cnn1-c1ccccc1. The number of carbonyl (C=O) groups excluding carboxylic acids is 1. The van der Waals surface area contributed by atoms with E-state index >= 15 is 0 Å². The average Bonchev–Trinajstić information content (AvgIpc) is 3.43. The first-order valence-corrected chi connectivity index (χ1v) is 10.8. The molecule has 6 nitrogen and oxygen atoms in total. The standard InChI is InChI=1S/C24H18FN5OS/c1-16-19(14-27-30(16)18-9-3-2-4-10-18)23(31)29(15-17-8-5-6-13-26-17)24-28-22-20(25)11-7-12-21(22)32-24/h2-14H,15H2,1H3. The van der Waals surface area contributed by atoms with Crippen molar-refractivity contribution < 1.29 is 9.18 Å². The lowest BCUT2D eigenvalue weighted by molar-refractivity contribution is 0.0984. The summed E-state index contributed by atoms with van der Waals surface area (Å²) in [7, 11) is 0. The van der Waals surface area contributed by atoms with Crippen LogP contribution in [-0.2, 0) is 6.54 Å². The van der Waals surface area contributed by atoms with Gasteiger partial charge in [0.1, 0.15) is 11.3 Å². The highest BCUT2D eigenvalue weighted by molar-refractivity contribution is 7.22. The minimum Gasteiger partial charge on any atom is -0.278 e. The summed E-state index contributed by atoms with van der Waals surface area (Å²) in [4.78, 5) is 24.0. The maximum Gasteiger partial charge on any atom is 0.263 e. The zero-order valence-corrected chi connectivity index (χ0v) is 18.0. The van der Waals surface area contributed by atoms with Crippen LogP contribution in [-0.4, -0.2) is 25.7 Å². The van der Waals surface area contributed by atoms with Crippen LogP contribution in [0.3, 0.4) is 0 Å². The number of amides is 1. The number of nitrogens with zero attached hydrogens (tertiary/aromatic N) is 5. The first-order chi connectivity index (χ1) is 15.6. The lowest BCUT2D eigenvalue weighted by Gasteiger charge is -2.19. The second-order valence-electron chi connectivity index (χ2n) is 7.19. The first kappa shape index (κ1) is 20.0. The third kappa shape index (κ3) is 3.65. The molecule has 32 heavy (non-hydrogen) atoms. The van der Waals surface area contributed by atoms with Gasteiger partial charge in [-0.15, -0.1) is 0 Å². The predicted molar refractivity (Wildman–Crippen MR) is 123 cm³/mol. The molecule has 0 saturated heterocycles. The van der Waals surface area contributed by atoms with Crippen LogP contribution in [0.25, 0.3) is 15.9 Å². The summed E-state index contributed by atoms with van der Waals surface area (Å²) in [6.45, 7) is 2.06. The molecule has 8 heteroatoms. The fourth-order valence-electron chi connectivity index (χ4n) is 3.49. The van der Waals surface area contributed by atoms with Crippen molar-refractivity contribution in [3.05, 3.63) is 102 Å². The van der Waals surface area contributed by atoms with Gasteiger partial charge in [0.25, 0.3) is 5.91 Å². The number of para-hydroxylation sites is 2. The Morgan fingerprint density at radius 2 is 1.88 bits per heavy atom. The number of halogens is 1. The van der Waals surface area contributed by atoms with E-state index in [0.29, 0.717) is 26.8 Å². The van der Waals surface area contributed by atoms with Crippen molar-refractivity contribution in [3.8, 4) is 5.69 Å². The van der Waals surface area contributed by atoms with Crippen LogP contribution in [0.1, 0.15) is 21.7 Å². The van der Waals surface area contributed by atoms with Crippen molar-refractivity contribution in [2.45, 2.75) is 13.5 Å². The molecule has 0 spiro atoms. The number of fused-ring (bicyclic) bond motifs is 1. The molecule has 0 aliphatic rings. The van der Waals surface area contributed by atoms with Crippen LogP contribution < -0.4 is 4.90 Å². The van der Waals surface area contributed by atoms with E-state index in [0.717, 1.165) is 5.69 Å². The van der Waals surface area contributed by atoms with Gasteiger partial charge in [0.05, 0.1) is 40.1 Å². The van der Waals surface area contributed by atoms with Crippen LogP contribution in [0.15, 0.2) is 79.1 Å². The average molecular weight is 444 g/mol. The van der Waals surface area contributed by atoms with E-state index in [4.69, 9.17) is 0 Å². The Morgan fingerprint density at radius 3 is 2.62 bits per heavy atom. The summed E-state index contributed by atoms with van der Waals surface area (Å²) in [6, 6.07) is 19.9. The van der Waals surface area contributed by atoms with E-state index in [1.807, 2.05) is 55.5 Å². The van der Waals surface area contributed by atoms with Crippen LogP contribution in [0, 0.1) is 12.7 Å². The van der Waals surface area contributed by atoms with E-state index in [1.54, 1.807) is 29.2 Å². The largest absolute Gasteiger partial charge is 0.278 e. The van der Waals surface area contributed by atoms with Crippen LogP contribution in [0.4, 0.5) is 9.52 Å². The van der Waals surface area contributed by atoms with Gasteiger partial charge in [-0.2, -0.15) is 5.10 Å². The summed E-state index contributed by atoms with van der Waals surface area (Å²) >= 11 is 1.27. The minimum absolute atomic E-state index is 0.205. The third-order valence-corrected chi connectivity index (χ3v) is 6.17. The molecule has 0 atom stereocenters. The fourth-order valence-corrected chi connectivity index (χ4v) is 4.47. The molecule has 0 fully saturated rings. The zero-order chi connectivity index (χ0) is 22.1. The van der Waals surface area contributed by atoms with Crippen LogP contribution in [0.2, 0.25) is 0 Å². The maximum atomic E-state index is 14.3. The summed E-state index contributed by atoms with van der Waals surface area (Å²) in [5.41, 5.74) is 2.98. The topological polar surface area (TPSA) is 63.9 Å². The normalized spacial score (nSPS) is 11.1. The number of thiazole rings is 1. The van der Waals surface area contributed by atoms with E-state index in [1.165, 1.54) is 22.3 Å². The van der Waals surface area contributed by atoms with Crippen molar-refractivity contribution in [1.29, 1.82) is 0 Å². The van der Waals surface area contributed by atoms with Gasteiger partial charge in [-0.1, -0.05) is 41.7 Å². The highest BCUT2D eigenvalue weighted by Crippen LogP contribution is 2.32. The van der Waals surface area contributed by atoms with Gasteiger partial charge in [-0.05, 0) is 43.3 Å². The Labute approximate surface area is 187 Å². The number of hydrogen-bond donors (Lipinski definition) is 0. The quantitative estimate of drug-likeness (QED) is 0.376. The Morgan fingerprint density at radius 1 is 1.06 bits per heavy atom. The fraction of sp³-hybridized carbons (Fsp3) is 0.0833. The maximum absolute atomic E-state index is 14.3. The molecule has 0 bridgehead atoms. The van der Waals surface area contributed by atoms with Gasteiger partial charge in [-0.25, -0.2) is 14.1 Å². The lowest BCUT2D eigenvalue weighted by atomic mass is 10.2. The van der Waals surface area contributed by atoms with E-state index < -0.39 is 5.82 Å². The molecule has 3 heterocycles.